The third-order valence-electron chi connectivity index (χ3n) is 2.88. The van der Waals surface area contributed by atoms with Crippen molar-refractivity contribution in [2.24, 2.45) is 5.41 Å². The second-order valence-corrected chi connectivity index (χ2v) is 5.77. The summed E-state index contributed by atoms with van der Waals surface area (Å²) in [6.07, 6.45) is 1.19. The minimum absolute atomic E-state index is 0.359. The molecule has 1 aliphatic rings. The molecule has 1 amide bonds. The summed E-state index contributed by atoms with van der Waals surface area (Å²) in [5.74, 6) is 0. The van der Waals surface area contributed by atoms with E-state index in [1.165, 1.54) is 0 Å². The molecule has 1 aliphatic heterocycles. The summed E-state index contributed by atoms with van der Waals surface area (Å²) >= 11 is 0. The fourth-order valence-electron chi connectivity index (χ4n) is 1.93. The molecule has 1 heterocycles. The van der Waals surface area contributed by atoms with Gasteiger partial charge in [-0.25, -0.2) is 4.79 Å². The molecule has 5 heteroatoms. The molecule has 104 valence electrons. The first-order valence-electron chi connectivity index (χ1n) is 6.34. The van der Waals surface area contributed by atoms with Gasteiger partial charge in [0.15, 0.2) is 0 Å². The molecule has 0 N–H and O–H groups in total. The minimum atomic E-state index is -0.563. The van der Waals surface area contributed by atoms with Crippen molar-refractivity contribution in [3.63, 3.8) is 0 Å². The van der Waals surface area contributed by atoms with Crippen LogP contribution in [0.2, 0.25) is 0 Å². The molecular formula is C13H23NO4. The third kappa shape index (κ3) is 3.98. The van der Waals surface area contributed by atoms with Gasteiger partial charge in [-0.15, -0.1) is 0 Å². The Morgan fingerprint density at radius 3 is 2.61 bits per heavy atom. The highest BCUT2D eigenvalue weighted by atomic mass is 16.6. The first-order chi connectivity index (χ1) is 8.32. The van der Waals surface area contributed by atoms with Gasteiger partial charge in [0.05, 0.1) is 12.0 Å². The quantitative estimate of drug-likeness (QED) is 0.721. The van der Waals surface area contributed by atoms with Crippen molar-refractivity contribution in [2.45, 2.75) is 39.7 Å². The molecule has 0 bridgehead atoms. The average molecular weight is 257 g/mol. The molecule has 0 spiro atoms. The van der Waals surface area contributed by atoms with Gasteiger partial charge in [-0.2, -0.15) is 0 Å². The van der Waals surface area contributed by atoms with Crippen molar-refractivity contribution >= 4 is 12.4 Å². The van der Waals surface area contributed by atoms with Gasteiger partial charge in [0.2, 0.25) is 0 Å². The standard InChI is InChI=1S/C13H23NO4/c1-5-17-10-13(9-15)6-7-14(8-13)11(16)18-12(2,3)4/h9H,5-8,10H2,1-4H3/t13-/m0/s1. The van der Waals surface area contributed by atoms with Crippen molar-refractivity contribution in [3.8, 4) is 0 Å². The Morgan fingerprint density at radius 1 is 1.44 bits per heavy atom. The van der Waals surface area contributed by atoms with Crippen molar-refractivity contribution in [1.29, 1.82) is 0 Å². The highest BCUT2D eigenvalue weighted by molar-refractivity contribution is 5.71. The van der Waals surface area contributed by atoms with Gasteiger partial charge in [0.1, 0.15) is 11.9 Å². The predicted octanol–water partition coefficient (Wildman–Crippen LogP) is 1.85. The van der Waals surface area contributed by atoms with Crippen LogP contribution >= 0.6 is 0 Å². The number of carbonyl (C=O) groups excluding carboxylic acids is 2. The van der Waals surface area contributed by atoms with Crippen LogP contribution in [-0.4, -0.2) is 49.2 Å². The molecule has 0 aromatic heterocycles. The number of amides is 1. The summed E-state index contributed by atoms with van der Waals surface area (Å²) in [7, 11) is 0. The number of rotatable bonds is 4. The topological polar surface area (TPSA) is 55.8 Å². The highest BCUT2D eigenvalue weighted by Gasteiger charge is 2.41. The van der Waals surface area contributed by atoms with E-state index in [1.807, 2.05) is 27.7 Å². The largest absolute Gasteiger partial charge is 0.444 e. The second-order valence-electron chi connectivity index (χ2n) is 5.77. The van der Waals surface area contributed by atoms with E-state index in [4.69, 9.17) is 9.47 Å². The Bertz CT molecular complexity index is 311. The van der Waals surface area contributed by atoms with Gasteiger partial charge < -0.3 is 19.2 Å². The first-order valence-corrected chi connectivity index (χ1v) is 6.34. The van der Waals surface area contributed by atoms with E-state index in [0.29, 0.717) is 32.7 Å². The van der Waals surface area contributed by atoms with Crippen LogP contribution in [0.25, 0.3) is 0 Å². The number of aldehydes is 1. The predicted molar refractivity (Wildman–Crippen MR) is 67.4 cm³/mol. The molecule has 5 nitrogen and oxygen atoms in total. The average Bonchev–Trinajstić information content (AvgIpc) is 2.69. The van der Waals surface area contributed by atoms with Gasteiger partial charge in [-0.1, -0.05) is 0 Å². The molecule has 0 aliphatic carbocycles. The molecular weight excluding hydrogens is 234 g/mol. The third-order valence-corrected chi connectivity index (χ3v) is 2.88. The molecule has 0 aromatic carbocycles. The lowest BCUT2D eigenvalue weighted by atomic mass is 9.90. The fraction of sp³-hybridized carbons (Fsp3) is 0.846. The number of hydrogen-bond donors (Lipinski definition) is 0. The van der Waals surface area contributed by atoms with Gasteiger partial charge in [-0.3, -0.25) is 0 Å². The lowest BCUT2D eigenvalue weighted by Gasteiger charge is -2.26. The van der Waals surface area contributed by atoms with E-state index in [9.17, 15) is 9.59 Å². The Kier molecular flexibility index (Phi) is 4.73. The van der Waals surface area contributed by atoms with E-state index >= 15 is 0 Å². The Labute approximate surface area is 108 Å². The first kappa shape index (κ1) is 15.0. The van der Waals surface area contributed by atoms with Crippen LogP contribution in [0, 0.1) is 5.41 Å². The van der Waals surface area contributed by atoms with Crippen LogP contribution in [0.15, 0.2) is 0 Å². The van der Waals surface area contributed by atoms with Crippen LogP contribution in [0.1, 0.15) is 34.1 Å². The zero-order chi connectivity index (χ0) is 13.8. The van der Waals surface area contributed by atoms with Gasteiger partial charge in [-0.05, 0) is 34.1 Å². The van der Waals surface area contributed by atoms with Crippen molar-refractivity contribution in [2.75, 3.05) is 26.3 Å². The monoisotopic (exact) mass is 257 g/mol. The molecule has 1 rings (SSSR count). The van der Waals surface area contributed by atoms with E-state index in [1.54, 1.807) is 4.90 Å². The Hall–Kier alpha value is -1.10. The lowest BCUT2D eigenvalue weighted by Crippen LogP contribution is -2.38. The zero-order valence-corrected chi connectivity index (χ0v) is 11.7. The summed E-state index contributed by atoms with van der Waals surface area (Å²) < 4.78 is 10.6. The maximum atomic E-state index is 11.9. The molecule has 1 saturated heterocycles. The zero-order valence-electron chi connectivity index (χ0n) is 11.7. The number of hydrogen-bond acceptors (Lipinski definition) is 4. The van der Waals surface area contributed by atoms with E-state index in [2.05, 4.69) is 0 Å². The van der Waals surface area contributed by atoms with Crippen LogP contribution in [0.4, 0.5) is 4.79 Å². The van der Waals surface area contributed by atoms with Crippen molar-refractivity contribution < 1.29 is 19.1 Å². The fourth-order valence-corrected chi connectivity index (χ4v) is 1.93. The molecule has 1 fully saturated rings. The number of likely N-dealkylation sites (tertiary alicyclic amines) is 1. The van der Waals surface area contributed by atoms with E-state index in [0.717, 1.165) is 6.29 Å². The summed E-state index contributed by atoms with van der Waals surface area (Å²) in [5.41, 5.74) is -1.07. The summed E-state index contributed by atoms with van der Waals surface area (Å²) in [5, 5.41) is 0. The number of nitrogens with zero attached hydrogens (tertiary/aromatic N) is 1. The summed E-state index contributed by atoms with van der Waals surface area (Å²) in [4.78, 5) is 24.7. The molecule has 0 radical (unpaired) electrons. The van der Waals surface area contributed by atoms with Crippen LogP contribution in [0.3, 0.4) is 0 Å². The maximum absolute atomic E-state index is 11.9. The van der Waals surface area contributed by atoms with Gasteiger partial charge in [0, 0.05) is 19.7 Å². The molecule has 0 saturated carbocycles. The smallest absolute Gasteiger partial charge is 0.410 e. The van der Waals surface area contributed by atoms with Crippen molar-refractivity contribution in [1.82, 2.24) is 4.90 Å². The molecule has 18 heavy (non-hydrogen) atoms. The van der Waals surface area contributed by atoms with E-state index in [-0.39, 0.29) is 6.09 Å². The van der Waals surface area contributed by atoms with Gasteiger partial charge >= 0.3 is 6.09 Å². The van der Waals surface area contributed by atoms with Gasteiger partial charge in [0.25, 0.3) is 0 Å². The summed E-state index contributed by atoms with van der Waals surface area (Å²) in [6.45, 7) is 9.23. The second kappa shape index (κ2) is 5.69. The molecule has 1 atom stereocenters. The maximum Gasteiger partial charge on any atom is 0.410 e. The van der Waals surface area contributed by atoms with E-state index < -0.39 is 11.0 Å². The SMILES string of the molecule is CCOC[C@@]1(C=O)CCN(C(=O)OC(C)(C)C)C1. The van der Waals surface area contributed by atoms with Crippen LogP contribution < -0.4 is 0 Å². The van der Waals surface area contributed by atoms with Crippen molar-refractivity contribution in [3.05, 3.63) is 0 Å². The lowest BCUT2D eigenvalue weighted by molar-refractivity contribution is -0.118. The highest BCUT2D eigenvalue weighted by Crippen LogP contribution is 2.29. The Balaban J connectivity index is 2.58. The normalized spacial score (nSPS) is 24.1. The van der Waals surface area contributed by atoms with Crippen LogP contribution in [-0.2, 0) is 14.3 Å². The molecule has 0 aromatic rings. The molecule has 0 unspecified atom stereocenters. The number of carbonyl (C=O) groups is 2. The van der Waals surface area contributed by atoms with Crippen LogP contribution in [0.5, 0.6) is 0 Å². The number of ether oxygens (including phenoxy) is 2. The minimum Gasteiger partial charge on any atom is -0.444 e. The Morgan fingerprint density at radius 2 is 2.11 bits per heavy atom. The summed E-state index contributed by atoms with van der Waals surface area (Å²) in [6, 6.07) is 0.